The number of halogens is 1. The number of thiocarbonyl (C=S) groups is 1. The van der Waals surface area contributed by atoms with Crippen molar-refractivity contribution in [1.29, 1.82) is 0 Å². The third-order valence-electron chi connectivity index (χ3n) is 5.24. The zero-order chi connectivity index (χ0) is 17.2. The molecule has 0 amide bonds. The zero-order valence-corrected chi connectivity index (χ0v) is 16.3. The van der Waals surface area contributed by atoms with Gasteiger partial charge in [0.05, 0.1) is 0 Å². The molecule has 132 valence electrons. The van der Waals surface area contributed by atoms with Crippen LogP contribution in [0.4, 0.5) is 5.69 Å². The Bertz CT molecular complexity index is 703. The molecule has 2 aromatic rings. The van der Waals surface area contributed by atoms with Crippen LogP contribution in [-0.4, -0.2) is 28.1 Å². The molecule has 2 aliphatic rings. The molecule has 1 aromatic carbocycles. The van der Waals surface area contributed by atoms with E-state index in [2.05, 4.69) is 33.0 Å². The minimum Gasteiger partial charge on any atom is -0.360 e. The van der Waals surface area contributed by atoms with Crippen LogP contribution in [0, 0.1) is 0 Å². The Balaban J connectivity index is 1.31. The summed E-state index contributed by atoms with van der Waals surface area (Å²) in [5, 5.41) is 10.4. The number of piperidine rings is 1. The highest BCUT2D eigenvalue weighted by Crippen LogP contribution is 2.37. The van der Waals surface area contributed by atoms with Crippen LogP contribution in [0.1, 0.15) is 30.6 Å². The fourth-order valence-corrected chi connectivity index (χ4v) is 5.24. The van der Waals surface area contributed by atoms with E-state index in [1.54, 1.807) is 0 Å². The minimum atomic E-state index is 0.462. The number of hydrogen-bond donors (Lipinski definition) is 2. The lowest BCUT2D eigenvalue weighted by atomic mass is 9.97. The van der Waals surface area contributed by atoms with Crippen molar-refractivity contribution in [1.82, 2.24) is 10.2 Å². The Kier molecular flexibility index (Phi) is 5.27. The molecule has 2 saturated heterocycles. The Morgan fingerprint density at radius 3 is 2.52 bits per heavy atom. The van der Waals surface area contributed by atoms with Crippen LogP contribution in [0.15, 0.2) is 41.8 Å². The molecule has 1 unspecified atom stereocenters. The first kappa shape index (κ1) is 17.3. The molecule has 2 aliphatic heterocycles. The van der Waals surface area contributed by atoms with Gasteiger partial charge in [-0.15, -0.1) is 11.3 Å². The molecule has 2 bridgehead atoms. The van der Waals surface area contributed by atoms with E-state index in [0.29, 0.717) is 23.2 Å². The first-order chi connectivity index (χ1) is 12.2. The van der Waals surface area contributed by atoms with E-state index >= 15 is 0 Å². The molecule has 6 heteroatoms. The number of benzene rings is 1. The first-order valence-corrected chi connectivity index (χ1v) is 10.4. The summed E-state index contributed by atoms with van der Waals surface area (Å²) in [6.07, 6.45) is 4.96. The SMILES string of the molecule is S=C(Nc1ccc(Cl)cc1)NC1C[C@H]2CC[C@@H](C1)N2Cc1cccs1. The molecule has 0 aliphatic carbocycles. The van der Waals surface area contributed by atoms with Gasteiger partial charge < -0.3 is 10.6 Å². The van der Waals surface area contributed by atoms with E-state index in [1.165, 1.54) is 30.6 Å². The van der Waals surface area contributed by atoms with Crippen molar-refractivity contribution < 1.29 is 0 Å². The van der Waals surface area contributed by atoms with Gasteiger partial charge in [0.25, 0.3) is 0 Å². The van der Waals surface area contributed by atoms with Crippen LogP contribution in [0.25, 0.3) is 0 Å². The number of nitrogens with one attached hydrogen (secondary N) is 2. The second-order valence-electron chi connectivity index (χ2n) is 6.91. The van der Waals surface area contributed by atoms with Crippen molar-refractivity contribution in [3.63, 3.8) is 0 Å². The summed E-state index contributed by atoms with van der Waals surface area (Å²) in [5.41, 5.74) is 0.972. The molecule has 2 N–H and O–H groups in total. The van der Waals surface area contributed by atoms with Crippen molar-refractivity contribution >= 4 is 46.0 Å². The Hall–Kier alpha value is -1.14. The summed E-state index contributed by atoms with van der Waals surface area (Å²) < 4.78 is 0. The summed E-state index contributed by atoms with van der Waals surface area (Å²) in [6, 6.07) is 13.9. The van der Waals surface area contributed by atoms with Crippen molar-refractivity contribution in [2.75, 3.05) is 5.32 Å². The predicted octanol–water partition coefficient (Wildman–Crippen LogP) is 4.88. The topological polar surface area (TPSA) is 27.3 Å². The number of nitrogens with zero attached hydrogens (tertiary/aromatic N) is 1. The van der Waals surface area contributed by atoms with Crippen molar-refractivity contribution in [3.8, 4) is 0 Å². The lowest BCUT2D eigenvalue weighted by Gasteiger charge is -2.39. The molecule has 0 radical (unpaired) electrons. The number of rotatable bonds is 4. The van der Waals surface area contributed by atoms with E-state index in [0.717, 1.165) is 17.3 Å². The van der Waals surface area contributed by atoms with Crippen molar-refractivity contribution in [2.45, 2.75) is 50.4 Å². The summed E-state index contributed by atoms with van der Waals surface area (Å²) in [7, 11) is 0. The average molecular weight is 392 g/mol. The van der Waals surface area contributed by atoms with Gasteiger partial charge in [-0.05, 0) is 73.6 Å². The van der Waals surface area contributed by atoms with Gasteiger partial charge in [-0.25, -0.2) is 0 Å². The van der Waals surface area contributed by atoms with Gasteiger partial charge in [-0.1, -0.05) is 17.7 Å². The number of thiophene rings is 1. The van der Waals surface area contributed by atoms with Gasteiger partial charge in [0.2, 0.25) is 0 Å². The van der Waals surface area contributed by atoms with Crippen LogP contribution in [-0.2, 0) is 6.54 Å². The quantitative estimate of drug-likeness (QED) is 0.726. The van der Waals surface area contributed by atoms with Gasteiger partial charge >= 0.3 is 0 Å². The van der Waals surface area contributed by atoms with Crippen LogP contribution >= 0.6 is 35.2 Å². The van der Waals surface area contributed by atoms with Gasteiger partial charge in [0.15, 0.2) is 5.11 Å². The average Bonchev–Trinajstić information content (AvgIpc) is 3.17. The molecule has 1 aromatic heterocycles. The lowest BCUT2D eigenvalue weighted by molar-refractivity contribution is 0.116. The molecule has 3 atom stereocenters. The van der Waals surface area contributed by atoms with Crippen molar-refractivity contribution in [2.24, 2.45) is 0 Å². The second kappa shape index (κ2) is 7.62. The fraction of sp³-hybridized carbons (Fsp3) is 0.421. The predicted molar refractivity (Wildman–Crippen MR) is 111 cm³/mol. The summed E-state index contributed by atoms with van der Waals surface area (Å²) in [5.74, 6) is 0. The molecular weight excluding hydrogens is 370 g/mol. The van der Waals surface area contributed by atoms with E-state index in [-0.39, 0.29) is 0 Å². The number of anilines is 1. The first-order valence-electron chi connectivity index (χ1n) is 8.78. The smallest absolute Gasteiger partial charge is 0.170 e. The van der Waals surface area contributed by atoms with E-state index in [9.17, 15) is 0 Å². The minimum absolute atomic E-state index is 0.462. The molecule has 4 rings (SSSR count). The number of hydrogen-bond acceptors (Lipinski definition) is 3. The van der Waals surface area contributed by atoms with Crippen molar-refractivity contribution in [3.05, 3.63) is 51.7 Å². The molecule has 3 nitrogen and oxygen atoms in total. The third-order valence-corrected chi connectivity index (χ3v) is 6.57. The zero-order valence-electron chi connectivity index (χ0n) is 14.0. The van der Waals surface area contributed by atoms with Gasteiger partial charge in [0.1, 0.15) is 0 Å². The van der Waals surface area contributed by atoms with Crippen LogP contribution in [0.5, 0.6) is 0 Å². The van der Waals surface area contributed by atoms with Crippen LogP contribution in [0.2, 0.25) is 5.02 Å². The lowest BCUT2D eigenvalue weighted by Crippen LogP contribution is -2.50. The van der Waals surface area contributed by atoms with E-state index in [1.807, 2.05) is 35.6 Å². The summed E-state index contributed by atoms with van der Waals surface area (Å²) in [4.78, 5) is 4.18. The molecule has 25 heavy (non-hydrogen) atoms. The monoisotopic (exact) mass is 391 g/mol. The third kappa shape index (κ3) is 4.17. The highest BCUT2D eigenvalue weighted by Gasteiger charge is 2.40. The highest BCUT2D eigenvalue weighted by atomic mass is 35.5. The molecule has 3 heterocycles. The second-order valence-corrected chi connectivity index (χ2v) is 8.79. The Labute approximate surface area is 163 Å². The molecule has 0 saturated carbocycles. The summed E-state index contributed by atoms with van der Waals surface area (Å²) in [6.45, 7) is 1.10. The van der Waals surface area contributed by atoms with Crippen LogP contribution in [0.3, 0.4) is 0 Å². The maximum absolute atomic E-state index is 5.93. The van der Waals surface area contributed by atoms with Crippen LogP contribution < -0.4 is 10.6 Å². The van der Waals surface area contributed by atoms with Gasteiger partial charge in [0, 0.05) is 40.3 Å². The van der Waals surface area contributed by atoms with Gasteiger partial charge in [-0.3, -0.25) is 4.90 Å². The molecular formula is C19H22ClN3S2. The summed E-state index contributed by atoms with van der Waals surface area (Å²) >= 11 is 13.3. The normalized spacial score (nSPS) is 25.7. The van der Waals surface area contributed by atoms with E-state index < -0.39 is 0 Å². The Morgan fingerprint density at radius 2 is 1.88 bits per heavy atom. The highest BCUT2D eigenvalue weighted by molar-refractivity contribution is 7.80. The van der Waals surface area contributed by atoms with Gasteiger partial charge in [-0.2, -0.15) is 0 Å². The number of fused-ring (bicyclic) bond motifs is 2. The molecule has 2 fully saturated rings. The Morgan fingerprint density at radius 1 is 1.16 bits per heavy atom. The molecule has 0 spiro atoms. The maximum Gasteiger partial charge on any atom is 0.170 e. The standard InChI is InChI=1S/C19H22ClN3S2/c20-13-3-5-14(6-4-13)21-19(24)22-15-10-16-7-8-17(11-15)23(16)12-18-2-1-9-25-18/h1-6,9,15-17H,7-8,10-12H2,(H2,21,22,24)/t15?,16-,17+. The maximum atomic E-state index is 5.93. The fourth-order valence-electron chi connectivity index (χ4n) is 4.12. The van der Waals surface area contributed by atoms with E-state index in [4.69, 9.17) is 23.8 Å². The largest absolute Gasteiger partial charge is 0.360 e.